The van der Waals surface area contributed by atoms with E-state index in [2.05, 4.69) is 15.3 Å². The quantitative estimate of drug-likeness (QED) is 0.758. The van der Waals surface area contributed by atoms with Gasteiger partial charge >= 0.3 is 5.97 Å². The topological polar surface area (TPSA) is 95.1 Å². The predicted molar refractivity (Wildman–Crippen MR) is 81.6 cm³/mol. The highest BCUT2D eigenvalue weighted by molar-refractivity contribution is 6.06. The number of halogens is 1. The number of nitrogens with zero attached hydrogens (tertiary/aromatic N) is 1. The van der Waals surface area contributed by atoms with Crippen LogP contribution in [0.4, 0.5) is 4.39 Å². The Bertz CT molecular complexity index is 748. The van der Waals surface area contributed by atoms with Crippen LogP contribution in [0.1, 0.15) is 48.9 Å². The van der Waals surface area contributed by atoms with Crippen LogP contribution in [0.5, 0.6) is 0 Å². The molecule has 0 aliphatic heterocycles. The molecule has 1 aromatic heterocycles. The molecule has 1 aliphatic carbocycles. The lowest BCUT2D eigenvalue weighted by Gasteiger charge is -2.29. The summed E-state index contributed by atoms with van der Waals surface area (Å²) < 4.78 is 13.7. The number of amides is 1. The number of benzene rings is 1. The standard InChI is InChI=1S/C16H18FN3O3/c17-10-7-11(13-12(8-10)18-9-19-13)14(21)20-16(15(22)23)5-3-1-2-4-6-16/h7-9H,1-6H2,(H,18,19)(H,20,21)(H,22,23). The molecule has 3 rings (SSSR count). The van der Waals surface area contributed by atoms with Gasteiger partial charge in [0.25, 0.3) is 5.91 Å². The van der Waals surface area contributed by atoms with Crippen molar-refractivity contribution < 1.29 is 19.1 Å². The van der Waals surface area contributed by atoms with Gasteiger partial charge in [0, 0.05) is 0 Å². The number of aromatic nitrogens is 2. The van der Waals surface area contributed by atoms with Crippen LogP contribution < -0.4 is 5.32 Å². The summed E-state index contributed by atoms with van der Waals surface area (Å²) >= 11 is 0. The van der Waals surface area contributed by atoms with Gasteiger partial charge in [-0.25, -0.2) is 14.2 Å². The van der Waals surface area contributed by atoms with Crippen molar-refractivity contribution in [1.82, 2.24) is 15.3 Å². The van der Waals surface area contributed by atoms with Crippen LogP contribution in [0, 0.1) is 5.82 Å². The van der Waals surface area contributed by atoms with Crippen molar-refractivity contribution in [3.05, 3.63) is 29.8 Å². The summed E-state index contributed by atoms with van der Waals surface area (Å²) in [6.45, 7) is 0. The summed E-state index contributed by atoms with van der Waals surface area (Å²) in [4.78, 5) is 31.2. The van der Waals surface area contributed by atoms with Crippen molar-refractivity contribution in [1.29, 1.82) is 0 Å². The fourth-order valence-electron chi connectivity index (χ4n) is 3.20. The maximum absolute atomic E-state index is 13.7. The molecule has 7 heteroatoms. The van der Waals surface area contributed by atoms with Gasteiger partial charge in [0.15, 0.2) is 0 Å². The molecule has 0 unspecified atom stereocenters. The zero-order valence-corrected chi connectivity index (χ0v) is 12.6. The van der Waals surface area contributed by atoms with Crippen LogP contribution in [0.3, 0.4) is 0 Å². The van der Waals surface area contributed by atoms with Crippen molar-refractivity contribution in [2.75, 3.05) is 0 Å². The van der Waals surface area contributed by atoms with Gasteiger partial charge in [-0.2, -0.15) is 0 Å². The molecular formula is C16H18FN3O3. The van der Waals surface area contributed by atoms with Crippen molar-refractivity contribution in [2.45, 2.75) is 44.1 Å². The van der Waals surface area contributed by atoms with Crippen LogP contribution in [0.15, 0.2) is 18.5 Å². The van der Waals surface area contributed by atoms with Crippen molar-refractivity contribution >= 4 is 22.9 Å². The molecule has 1 heterocycles. The lowest BCUT2D eigenvalue weighted by atomic mass is 9.89. The molecule has 1 saturated carbocycles. The molecule has 1 aromatic carbocycles. The van der Waals surface area contributed by atoms with E-state index in [-0.39, 0.29) is 5.56 Å². The molecule has 2 aromatic rings. The second-order valence-corrected chi connectivity index (χ2v) is 6.01. The number of hydrogen-bond donors (Lipinski definition) is 3. The minimum Gasteiger partial charge on any atom is -0.480 e. The number of carboxylic acid groups (broad SMARTS) is 1. The molecule has 0 bridgehead atoms. The summed E-state index contributed by atoms with van der Waals surface area (Å²) in [5.41, 5.74) is -0.507. The second-order valence-electron chi connectivity index (χ2n) is 6.01. The first-order valence-electron chi connectivity index (χ1n) is 7.70. The Morgan fingerprint density at radius 3 is 2.57 bits per heavy atom. The Balaban J connectivity index is 1.95. The second kappa shape index (κ2) is 5.98. The Morgan fingerprint density at radius 2 is 1.91 bits per heavy atom. The molecule has 23 heavy (non-hydrogen) atoms. The van der Waals surface area contributed by atoms with E-state index in [1.807, 2.05) is 0 Å². The summed E-state index contributed by atoms with van der Waals surface area (Å²) in [6, 6.07) is 2.34. The molecule has 6 nitrogen and oxygen atoms in total. The molecule has 1 fully saturated rings. The molecule has 122 valence electrons. The fourth-order valence-corrected chi connectivity index (χ4v) is 3.20. The van der Waals surface area contributed by atoms with E-state index in [4.69, 9.17) is 0 Å². The van der Waals surface area contributed by atoms with Gasteiger partial charge in [-0.05, 0) is 25.0 Å². The molecule has 1 amide bonds. The van der Waals surface area contributed by atoms with E-state index in [1.165, 1.54) is 12.4 Å². The first-order valence-corrected chi connectivity index (χ1v) is 7.70. The first kappa shape index (κ1) is 15.5. The summed E-state index contributed by atoms with van der Waals surface area (Å²) in [5, 5.41) is 12.3. The molecule has 3 N–H and O–H groups in total. The van der Waals surface area contributed by atoms with E-state index in [0.717, 1.165) is 31.7 Å². The van der Waals surface area contributed by atoms with E-state index in [9.17, 15) is 19.1 Å². The zero-order chi connectivity index (χ0) is 16.4. The fraction of sp³-hybridized carbons (Fsp3) is 0.438. The number of aliphatic carboxylic acids is 1. The largest absolute Gasteiger partial charge is 0.480 e. The molecule has 0 spiro atoms. The third-order valence-electron chi connectivity index (χ3n) is 4.45. The summed E-state index contributed by atoms with van der Waals surface area (Å²) in [5.74, 6) is -2.22. The van der Waals surface area contributed by atoms with E-state index >= 15 is 0 Å². The number of nitrogens with one attached hydrogen (secondary N) is 2. The summed E-state index contributed by atoms with van der Waals surface area (Å²) in [7, 11) is 0. The molecular weight excluding hydrogens is 301 g/mol. The lowest BCUT2D eigenvalue weighted by Crippen LogP contribution is -2.54. The van der Waals surface area contributed by atoms with Gasteiger partial charge < -0.3 is 15.4 Å². The third-order valence-corrected chi connectivity index (χ3v) is 4.45. The maximum Gasteiger partial charge on any atom is 0.329 e. The van der Waals surface area contributed by atoms with E-state index in [1.54, 1.807) is 0 Å². The van der Waals surface area contributed by atoms with Crippen molar-refractivity contribution in [3.8, 4) is 0 Å². The predicted octanol–water partition coefficient (Wildman–Crippen LogP) is 2.61. The van der Waals surface area contributed by atoms with Crippen LogP contribution in [-0.2, 0) is 4.79 Å². The molecule has 0 saturated heterocycles. The van der Waals surface area contributed by atoms with Gasteiger partial charge in [0.1, 0.15) is 16.9 Å². The van der Waals surface area contributed by atoms with Crippen LogP contribution in [0.25, 0.3) is 11.0 Å². The van der Waals surface area contributed by atoms with E-state index < -0.39 is 23.2 Å². The van der Waals surface area contributed by atoms with Gasteiger partial charge in [-0.1, -0.05) is 25.7 Å². The van der Waals surface area contributed by atoms with Gasteiger partial charge in [0.2, 0.25) is 0 Å². The van der Waals surface area contributed by atoms with Crippen LogP contribution in [-0.4, -0.2) is 32.5 Å². The number of carbonyl (C=O) groups is 2. The average molecular weight is 319 g/mol. The minimum atomic E-state index is -1.29. The third kappa shape index (κ3) is 2.91. The van der Waals surface area contributed by atoms with Crippen LogP contribution >= 0.6 is 0 Å². The first-order chi connectivity index (χ1) is 11.0. The average Bonchev–Trinajstić information content (AvgIpc) is 2.84. The molecule has 0 radical (unpaired) electrons. The number of rotatable bonds is 3. The van der Waals surface area contributed by atoms with E-state index in [0.29, 0.717) is 23.9 Å². The maximum atomic E-state index is 13.7. The normalized spacial score (nSPS) is 17.6. The highest BCUT2D eigenvalue weighted by atomic mass is 19.1. The number of carboxylic acids is 1. The van der Waals surface area contributed by atoms with Gasteiger partial charge in [-0.15, -0.1) is 0 Å². The number of hydrogen-bond acceptors (Lipinski definition) is 3. The van der Waals surface area contributed by atoms with Gasteiger partial charge in [-0.3, -0.25) is 4.79 Å². The molecule has 0 atom stereocenters. The monoisotopic (exact) mass is 319 g/mol. The Morgan fingerprint density at radius 1 is 1.22 bits per heavy atom. The number of fused-ring (bicyclic) bond motifs is 1. The number of H-pyrrole nitrogens is 1. The zero-order valence-electron chi connectivity index (χ0n) is 12.6. The van der Waals surface area contributed by atoms with Crippen LogP contribution in [0.2, 0.25) is 0 Å². The summed E-state index contributed by atoms with van der Waals surface area (Å²) in [6.07, 6.45) is 5.53. The smallest absolute Gasteiger partial charge is 0.329 e. The number of carbonyl (C=O) groups excluding carboxylic acids is 1. The SMILES string of the molecule is O=C(NC1(C(=O)O)CCCCCC1)c1cc(F)cc2[nH]cnc12. The van der Waals surface area contributed by atoms with Gasteiger partial charge in [0.05, 0.1) is 17.4 Å². The Hall–Kier alpha value is -2.44. The highest BCUT2D eigenvalue weighted by Gasteiger charge is 2.40. The number of aromatic amines is 1. The Labute approximate surface area is 132 Å². The Kier molecular flexibility index (Phi) is 4.02. The van der Waals surface area contributed by atoms with Crippen molar-refractivity contribution in [3.63, 3.8) is 0 Å². The highest BCUT2D eigenvalue weighted by Crippen LogP contribution is 2.28. The minimum absolute atomic E-state index is 0.0473. The number of imidazole rings is 1. The molecule has 1 aliphatic rings. The van der Waals surface area contributed by atoms with Crippen molar-refractivity contribution in [2.24, 2.45) is 0 Å². The lowest BCUT2D eigenvalue weighted by molar-refractivity contribution is -0.145.